The fourth-order valence-electron chi connectivity index (χ4n) is 6.28. The summed E-state index contributed by atoms with van der Waals surface area (Å²) in [7, 11) is 3.34. The number of hydrogen-bond donors (Lipinski definition) is 3. The fraction of sp³-hybridized carbons (Fsp3) is 0.517. The minimum Gasteiger partial charge on any atom is -0.493 e. The molecule has 1 saturated heterocycles. The van der Waals surface area contributed by atoms with Crippen molar-refractivity contribution in [3.63, 3.8) is 0 Å². The lowest BCUT2D eigenvalue weighted by molar-refractivity contribution is -0.192. The molecule has 0 unspecified atom stereocenters. The number of rotatable bonds is 6. The maximum absolute atomic E-state index is 13.5. The van der Waals surface area contributed by atoms with Crippen molar-refractivity contribution in [2.24, 2.45) is 0 Å². The van der Waals surface area contributed by atoms with E-state index in [4.69, 9.17) is 31.0 Å². The normalized spacial score (nSPS) is 24.0. The maximum atomic E-state index is 13.5. The molecule has 2 aromatic rings. The number of benzene rings is 2. The number of nitrogens with zero attached hydrogens (tertiary/aromatic N) is 1. The zero-order valence-corrected chi connectivity index (χ0v) is 24.0. The van der Waals surface area contributed by atoms with E-state index in [1.54, 1.807) is 14.2 Å². The molecule has 2 saturated carbocycles. The Morgan fingerprint density at radius 1 is 1.05 bits per heavy atom. The molecule has 0 spiro atoms. The summed E-state index contributed by atoms with van der Waals surface area (Å²) in [4.78, 5) is 24.3. The predicted molar refractivity (Wildman–Crippen MR) is 149 cm³/mol. The number of alkyl halides is 3. The van der Waals surface area contributed by atoms with Gasteiger partial charge in [-0.05, 0) is 81.0 Å². The number of fused-ring (bicyclic) bond motifs is 1. The first-order valence-electron chi connectivity index (χ1n) is 13.7. The van der Waals surface area contributed by atoms with E-state index in [0.29, 0.717) is 17.8 Å². The molecule has 8 nitrogen and oxygen atoms in total. The van der Waals surface area contributed by atoms with Gasteiger partial charge in [0.05, 0.1) is 19.2 Å². The largest absolute Gasteiger partial charge is 0.493 e. The molecule has 2 aromatic carbocycles. The zero-order valence-electron chi connectivity index (χ0n) is 23.3. The molecule has 0 aromatic heterocycles. The Bertz CT molecular complexity index is 1290. The van der Waals surface area contributed by atoms with Crippen LogP contribution in [0, 0.1) is 5.82 Å². The Labute approximate surface area is 246 Å². The van der Waals surface area contributed by atoms with E-state index in [2.05, 4.69) is 27.7 Å². The molecule has 0 bridgehead atoms. The Balaban J connectivity index is 0.000000517. The van der Waals surface area contributed by atoms with E-state index in [1.807, 2.05) is 6.07 Å². The Morgan fingerprint density at radius 2 is 1.74 bits per heavy atom. The molecule has 13 heteroatoms. The number of carbonyl (C=O) groups excluding carboxylic acids is 1. The molecule has 2 amide bonds. The van der Waals surface area contributed by atoms with Gasteiger partial charge in [0.15, 0.2) is 11.5 Å². The average Bonchev–Trinajstić information content (AvgIpc) is 3.28. The van der Waals surface area contributed by atoms with Crippen molar-refractivity contribution in [1.82, 2.24) is 10.2 Å². The number of carbonyl (C=O) groups is 2. The number of methoxy groups -OCH3 is 2. The lowest BCUT2D eigenvalue weighted by Crippen LogP contribution is -2.55. The third-order valence-electron chi connectivity index (χ3n) is 8.56. The van der Waals surface area contributed by atoms with Gasteiger partial charge in [-0.3, -0.25) is 4.90 Å². The van der Waals surface area contributed by atoms with Crippen LogP contribution in [0.5, 0.6) is 11.5 Å². The van der Waals surface area contributed by atoms with E-state index >= 15 is 0 Å². The van der Waals surface area contributed by atoms with Crippen LogP contribution >= 0.6 is 11.6 Å². The van der Waals surface area contributed by atoms with E-state index < -0.39 is 18.0 Å². The van der Waals surface area contributed by atoms with Crippen LogP contribution in [0.3, 0.4) is 0 Å². The van der Waals surface area contributed by atoms with Crippen molar-refractivity contribution in [2.45, 2.75) is 74.7 Å². The minimum atomic E-state index is -5.08. The molecular formula is C29H34ClF4N3O5. The second-order valence-corrected chi connectivity index (χ2v) is 11.2. The lowest BCUT2D eigenvalue weighted by atomic mass is 9.64. The molecule has 42 heavy (non-hydrogen) atoms. The summed E-state index contributed by atoms with van der Waals surface area (Å²) < 4.78 is 56.3. The van der Waals surface area contributed by atoms with Gasteiger partial charge >= 0.3 is 18.2 Å². The molecular weight excluding hydrogens is 582 g/mol. The van der Waals surface area contributed by atoms with Crippen LogP contribution < -0.4 is 20.1 Å². The van der Waals surface area contributed by atoms with Gasteiger partial charge in [0, 0.05) is 29.2 Å². The van der Waals surface area contributed by atoms with Crippen LogP contribution in [0.2, 0.25) is 5.02 Å². The van der Waals surface area contributed by atoms with Gasteiger partial charge in [-0.2, -0.15) is 13.2 Å². The lowest BCUT2D eigenvalue weighted by Gasteiger charge is -2.48. The van der Waals surface area contributed by atoms with Gasteiger partial charge in [-0.15, -0.1) is 0 Å². The highest BCUT2D eigenvalue weighted by molar-refractivity contribution is 6.31. The van der Waals surface area contributed by atoms with Gasteiger partial charge in [-0.25, -0.2) is 14.0 Å². The third-order valence-corrected chi connectivity index (χ3v) is 8.85. The summed E-state index contributed by atoms with van der Waals surface area (Å²) >= 11 is 5.86. The number of likely N-dealkylation sites (tertiary alicyclic amines) is 1. The van der Waals surface area contributed by atoms with Crippen molar-refractivity contribution in [3.8, 4) is 11.5 Å². The molecule has 2 aliphatic carbocycles. The van der Waals surface area contributed by atoms with Crippen LogP contribution in [-0.4, -0.2) is 67.1 Å². The van der Waals surface area contributed by atoms with Crippen molar-refractivity contribution in [3.05, 3.63) is 52.8 Å². The summed E-state index contributed by atoms with van der Waals surface area (Å²) in [5, 5.41) is 13.1. The average molecular weight is 616 g/mol. The topological polar surface area (TPSA) is 100 Å². The predicted octanol–water partition coefficient (Wildman–Crippen LogP) is 6.37. The van der Waals surface area contributed by atoms with E-state index in [0.717, 1.165) is 43.7 Å². The smallest absolute Gasteiger partial charge is 0.490 e. The van der Waals surface area contributed by atoms with Crippen molar-refractivity contribution in [1.29, 1.82) is 0 Å². The first-order valence-corrected chi connectivity index (χ1v) is 14.1. The highest BCUT2D eigenvalue weighted by atomic mass is 35.5. The number of amides is 2. The molecule has 3 aliphatic rings. The quantitative estimate of drug-likeness (QED) is 0.327. The SMILES string of the molecule is COc1ccc([C@@]23CC[C@@H](NC(=O)Nc4ccc(F)c(Cl)c4)C[C@@H]2N(C2CCC2)CC3)cc1OC.O=C(O)C(F)(F)F. The number of hydrogen-bond acceptors (Lipinski definition) is 5. The van der Waals surface area contributed by atoms with Crippen LogP contribution in [0.4, 0.5) is 28.0 Å². The molecule has 3 atom stereocenters. The van der Waals surface area contributed by atoms with E-state index in [1.165, 1.54) is 43.0 Å². The number of aliphatic carboxylic acids is 1. The number of nitrogens with one attached hydrogen (secondary N) is 2. The number of anilines is 1. The molecule has 5 rings (SSSR count). The summed E-state index contributed by atoms with van der Waals surface area (Å²) in [6.07, 6.45) is 2.59. The van der Waals surface area contributed by atoms with Gasteiger partial charge in [0.2, 0.25) is 0 Å². The minimum absolute atomic E-state index is 0.0118. The van der Waals surface area contributed by atoms with Crippen molar-refractivity contribution < 1.29 is 41.7 Å². The molecule has 1 heterocycles. The van der Waals surface area contributed by atoms with Crippen LogP contribution in [0.1, 0.15) is 50.5 Å². The second-order valence-electron chi connectivity index (χ2n) is 10.8. The number of halogens is 5. The standard InChI is InChI=1S/C27H33ClFN3O3.C2HF3O2/c1-34-23-9-6-17(14-24(23)35-2)27-11-10-19(16-25(27)32(13-12-27)20-4-3-5-20)31-26(33)30-18-7-8-22(29)21(28)15-18;3-2(4,5)1(6)7/h6-9,14-15,19-20,25H,3-5,10-13,16H2,1-2H3,(H2,30,31,33);(H,6,7)/t19-,25+,27+;/m1./s1. The number of ether oxygens (including phenoxy) is 2. The maximum Gasteiger partial charge on any atom is 0.490 e. The first-order chi connectivity index (χ1) is 19.9. The molecule has 230 valence electrons. The van der Waals surface area contributed by atoms with Crippen molar-refractivity contribution in [2.75, 3.05) is 26.1 Å². The van der Waals surface area contributed by atoms with Crippen molar-refractivity contribution >= 4 is 29.3 Å². The third kappa shape index (κ3) is 6.86. The summed E-state index contributed by atoms with van der Waals surface area (Å²) in [6.45, 7) is 1.08. The van der Waals surface area contributed by atoms with Gasteiger partial charge in [0.1, 0.15) is 5.82 Å². The van der Waals surface area contributed by atoms with Crippen LogP contribution in [-0.2, 0) is 10.2 Å². The van der Waals surface area contributed by atoms with Crippen LogP contribution in [0.25, 0.3) is 0 Å². The summed E-state index contributed by atoms with van der Waals surface area (Å²) in [6, 6.07) is 11.3. The molecule has 3 fully saturated rings. The highest BCUT2D eigenvalue weighted by Crippen LogP contribution is 2.52. The Morgan fingerprint density at radius 3 is 2.31 bits per heavy atom. The molecule has 0 radical (unpaired) electrons. The molecule has 3 N–H and O–H groups in total. The highest BCUT2D eigenvalue weighted by Gasteiger charge is 2.53. The number of urea groups is 1. The van der Waals surface area contributed by atoms with Gasteiger partial charge in [-0.1, -0.05) is 24.1 Å². The van der Waals surface area contributed by atoms with Gasteiger partial charge < -0.3 is 25.2 Å². The summed E-state index contributed by atoms with van der Waals surface area (Å²) in [5.41, 5.74) is 1.81. The van der Waals surface area contributed by atoms with E-state index in [-0.39, 0.29) is 22.5 Å². The van der Waals surface area contributed by atoms with Gasteiger partial charge in [0.25, 0.3) is 0 Å². The number of carboxylic acid groups (broad SMARTS) is 1. The fourth-order valence-corrected chi connectivity index (χ4v) is 6.46. The number of carboxylic acids is 1. The summed E-state index contributed by atoms with van der Waals surface area (Å²) in [5.74, 6) is -1.76. The Kier molecular flexibility index (Phi) is 9.77. The monoisotopic (exact) mass is 615 g/mol. The first kappa shape index (κ1) is 31.7. The zero-order chi connectivity index (χ0) is 30.7. The van der Waals surface area contributed by atoms with E-state index in [9.17, 15) is 22.4 Å². The molecule has 1 aliphatic heterocycles. The van der Waals surface area contributed by atoms with Crippen LogP contribution in [0.15, 0.2) is 36.4 Å². The second kappa shape index (κ2) is 12.9. The Hall–Kier alpha value is -3.25.